The third-order valence-electron chi connectivity index (χ3n) is 4.81. The minimum atomic E-state index is -3.23. The predicted octanol–water partition coefficient (Wildman–Crippen LogP) is 1.92. The molecule has 0 radical (unpaired) electrons. The van der Waals surface area contributed by atoms with Gasteiger partial charge in [0.2, 0.25) is 0 Å². The Labute approximate surface area is 157 Å². The zero-order chi connectivity index (χ0) is 19.8. The van der Waals surface area contributed by atoms with E-state index in [1.54, 1.807) is 19.9 Å². The quantitative estimate of drug-likeness (QED) is 0.785. The van der Waals surface area contributed by atoms with Gasteiger partial charge < -0.3 is 10.1 Å². The topological polar surface area (TPSA) is 92.8 Å². The summed E-state index contributed by atoms with van der Waals surface area (Å²) < 4.78 is 43.1. The second kappa shape index (κ2) is 7.30. The summed E-state index contributed by atoms with van der Waals surface area (Å²) >= 11 is 0. The second-order valence-corrected chi connectivity index (χ2v) is 8.78. The molecule has 0 aliphatic carbocycles. The first-order chi connectivity index (χ1) is 12.7. The number of carbonyl (C=O) groups is 2. The van der Waals surface area contributed by atoms with Gasteiger partial charge in [-0.05, 0) is 26.3 Å². The van der Waals surface area contributed by atoms with Gasteiger partial charge in [0.1, 0.15) is 5.82 Å². The van der Waals surface area contributed by atoms with Gasteiger partial charge in [-0.1, -0.05) is 18.2 Å². The fourth-order valence-corrected chi connectivity index (χ4v) is 5.29. The van der Waals surface area contributed by atoms with E-state index in [0.717, 1.165) is 0 Å². The molecule has 3 rings (SSSR count). The van der Waals surface area contributed by atoms with Crippen molar-refractivity contribution in [2.24, 2.45) is 0 Å². The van der Waals surface area contributed by atoms with Crippen LogP contribution in [0.4, 0.5) is 9.18 Å². The van der Waals surface area contributed by atoms with E-state index in [4.69, 9.17) is 4.74 Å². The lowest BCUT2D eigenvalue weighted by atomic mass is 9.94. The van der Waals surface area contributed by atoms with E-state index in [-0.39, 0.29) is 41.4 Å². The average Bonchev–Trinajstić information content (AvgIpc) is 2.94. The molecule has 2 atom stereocenters. The maximum atomic E-state index is 14.3. The molecule has 1 fully saturated rings. The van der Waals surface area contributed by atoms with E-state index in [1.165, 1.54) is 23.1 Å². The number of halogens is 1. The molecule has 146 valence electrons. The molecule has 1 N–H and O–H groups in total. The van der Waals surface area contributed by atoms with Crippen molar-refractivity contribution in [1.29, 1.82) is 0 Å². The largest absolute Gasteiger partial charge is 0.463 e. The predicted molar refractivity (Wildman–Crippen MR) is 95.9 cm³/mol. The smallest absolute Gasteiger partial charge is 0.338 e. The number of benzene rings is 1. The summed E-state index contributed by atoms with van der Waals surface area (Å²) in [6.07, 6.45) is 0.285. The summed E-state index contributed by atoms with van der Waals surface area (Å²) in [5, 5.41) is 2.64. The maximum absolute atomic E-state index is 14.3. The molecule has 0 spiro atoms. The molecule has 9 heteroatoms. The molecule has 7 nitrogen and oxygen atoms in total. The van der Waals surface area contributed by atoms with Crippen LogP contribution in [0.5, 0.6) is 0 Å². The van der Waals surface area contributed by atoms with E-state index in [1.807, 2.05) is 0 Å². The average molecular weight is 396 g/mol. The first kappa shape index (κ1) is 19.3. The number of hydrogen-bond acceptors (Lipinski definition) is 5. The number of amides is 2. The van der Waals surface area contributed by atoms with Crippen molar-refractivity contribution in [3.63, 3.8) is 0 Å². The van der Waals surface area contributed by atoms with Crippen LogP contribution in [0.15, 0.2) is 35.5 Å². The Balaban J connectivity index is 2.08. The molecular formula is C18H21FN2O5S. The van der Waals surface area contributed by atoms with E-state index in [2.05, 4.69) is 5.32 Å². The van der Waals surface area contributed by atoms with Gasteiger partial charge in [0.15, 0.2) is 9.84 Å². The highest BCUT2D eigenvalue weighted by Crippen LogP contribution is 2.35. The van der Waals surface area contributed by atoms with Gasteiger partial charge >= 0.3 is 12.0 Å². The van der Waals surface area contributed by atoms with Gasteiger partial charge in [-0.3, -0.25) is 4.90 Å². The number of hydrogen-bond donors (Lipinski definition) is 1. The highest BCUT2D eigenvalue weighted by Gasteiger charge is 2.43. The Morgan fingerprint density at radius 2 is 2.07 bits per heavy atom. The summed E-state index contributed by atoms with van der Waals surface area (Å²) in [5.74, 6) is -1.42. The Kier molecular flexibility index (Phi) is 5.23. The van der Waals surface area contributed by atoms with Crippen molar-refractivity contribution >= 4 is 21.8 Å². The highest BCUT2D eigenvalue weighted by molar-refractivity contribution is 7.91. The van der Waals surface area contributed by atoms with Crippen LogP contribution in [0.3, 0.4) is 0 Å². The molecule has 1 saturated heterocycles. The van der Waals surface area contributed by atoms with Crippen molar-refractivity contribution in [3.05, 3.63) is 46.9 Å². The lowest BCUT2D eigenvalue weighted by molar-refractivity contribution is -0.139. The summed E-state index contributed by atoms with van der Waals surface area (Å²) in [6.45, 7) is 3.32. The molecule has 27 heavy (non-hydrogen) atoms. The standard InChI is InChI=1S/C18H21FN2O5S/c1-3-26-17(22)15-11(2)21(12-8-9-27(24,25)10-12)18(23)20-16(15)13-6-4-5-7-14(13)19/h4-7,12,16H,3,8-10H2,1-2H3,(H,20,23). The van der Waals surface area contributed by atoms with Crippen LogP contribution < -0.4 is 5.32 Å². The number of allylic oxidation sites excluding steroid dienone is 1. The van der Waals surface area contributed by atoms with Crippen molar-refractivity contribution in [2.45, 2.75) is 32.4 Å². The molecular weight excluding hydrogens is 375 g/mol. The minimum Gasteiger partial charge on any atom is -0.463 e. The number of esters is 1. The number of nitrogens with zero attached hydrogens (tertiary/aromatic N) is 1. The number of nitrogens with one attached hydrogen (secondary N) is 1. The lowest BCUT2D eigenvalue weighted by Gasteiger charge is -2.38. The molecule has 2 heterocycles. The van der Waals surface area contributed by atoms with E-state index in [0.29, 0.717) is 0 Å². The summed E-state index contributed by atoms with van der Waals surface area (Å²) in [6, 6.07) is 3.72. The molecule has 1 aromatic carbocycles. The molecule has 1 aromatic rings. The van der Waals surface area contributed by atoms with Crippen molar-refractivity contribution < 1.29 is 27.1 Å². The number of sulfone groups is 1. The molecule has 2 aliphatic rings. The lowest BCUT2D eigenvalue weighted by Crippen LogP contribution is -2.52. The van der Waals surface area contributed by atoms with Gasteiger partial charge in [-0.15, -0.1) is 0 Å². The first-order valence-electron chi connectivity index (χ1n) is 8.67. The number of rotatable bonds is 4. The van der Waals surface area contributed by atoms with E-state index < -0.39 is 39.7 Å². The van der Waals surface area contributed by atoms with Crippen LogP contribution in [-0.4, -0.2) is 49.5 Å². The fraction of sp³-hybridized carbons (Fsp3) is 0.444. The van der Waals surface area contributed by atoms with Crippen LogP contribution in [0.1, 0.15) is 31.9 Å². The Morgan fingerprint density at radius 1 is 1.37 bits per heavy atom. The third kappa shape index (κ3) is 3.69. The number of urea groups is 1. The normalized spacial score (nSPS) is 24.7. The monoisotopic (exact) mass is 396 g/mol. The Bertz CT molecular complexity index is 912. The van der Waals surface area contributed by atoms with E-state index in [9.17, 15) is 22.4 Å². The van der Waals surface area contributed by atoms with Crippen molar-refractivity contribution in [1.82, 2.24) is 10.2 Å². The van der Waals surface area contributed by atoms with Crippen LogP contribution >= 0.6 is 0 Å². The number of carbonyl (C=O) groups excluding carboxylic acids is 2. The van der Waals surface area contributed by atoms with Gasteiger partial charge in [-0.25, -0.2) is 22.4 Å². The summed E-state index contributed by atoms with van der Waals surface area (Å²) in [7, 11) is -3.23. The van der Waals surface area contributed by atoms with Gasteiger partial charge in [0, 0.05) is 11.3 Å². The van der Waals surface area contributed by atoms with Crippen molar-refractivity contribution in [3.8, 4) is 0 Å². The Morgan fingerprint density at radius 3 is 2.67 bits per heavy atom. The van der Waals surface area contributed by atoms with Crippen LogP contribution in [-0.2, 0) is 19.4 Å². The second-order valence-electron chi connectivity index (χ2n) is 6.55. The van der Waals surface area contributed by atoms with E-state index >= 15 is 0 Å². The zero-order valence-corrected chi connectivity index (χ0v) is 15.9. The molecule has 2 amide bonds. The van der Waals surface area contributed by atoms with Gasteiger partial charge in [-0.2, -0.15) is 0 Å². The first-order valence-corrected chi connectivity index (χ1v) is 10.5. The summed E-state index contributed by atoms with van der Waals surface area (Å²) in [5.41, 5.74) is 0.533. The van der Waals surface area contributed by atoms with Gasteiger partial charge in [0.05, 0.1) is 35.8 Å². The molecule has 0 bridgehead atoms. The van der Waals surface area contributed by atoms with Crippen LogP contribution in [0.25, 0.3) is 0 Å². The molecule has 2 unspecified atom stereocenters. The van der Waals surface area contributed by atoms with Gasteiger partial charge in [0.25, 0.3) is 0 Å². The fourth-order valence-electron chi connectivity index (χ4n) is 3.59. The SMILES string of the molecule is CCOC(=O)C1=C(C)N(C2CCS(=O)(=O)C2)C(=O)NC1c1ccccc1F. The highest BCUT2D eigenvalue weighted by atomic mass is 32.2. The molecule has 0 aromatic heterocycles. The van der Waals surface area contributed by atoms with Crippen LogP contribution in [0.2, 0.25) is 0 Å². The molecule has 2 aliphatic heterocycles. The Hall–Kier alpha value is -2.42. The molecule has 0 saturated carbocycles. The third-order valence-corrected chi connectivity index (χ3v) is 6.56. The van der Waals surface area contributed by atoms with Crippen LogP contribution in [0, 0.1) is 5.82 Å². The minimum absolute atomic E-state index is 0.0137. The van der Waals surface area contributed by atoms with Crippen molar-refractivity contribution in [2.75, 3.05) is 18.1 Å². The maximum Gasteiger partial charge on any atom is 0.338 e. The summed E-state index contributed by atoms with van der Waals surface area (Å²) in [4.78, 5) is 26.6. The number of ether oxygens (including phenoxy) is 1. The zero-order valence-electron chi connectivity index (χ0n) is 15.1.